The molecule has 1 aliphatic heterocycles. The Bertz CT molecular complexity index is 919. The molecule has 2 aromatic heterocycles. The fourth-order valence-corrected chi connectivity index (χ4v) is 3.59. The quantitative estimate of drug-likeness (QED) is 0.734. The first-order valence-electron chi connectivity index (χ1n) is 9.02. The van der Waals surface area contributed by atoms with Gasteiger partial charge in [-0.3, -0.25) is 0 Å². The minimum atomic E-state index is 0.132. The van der Waals surface area contributed by atoms with Crippen LogP contribution in [0, 0.1) is 0 Å². The van der Waals surface area contributed by atoms with E-state index < -0.39 is 0 Å². The van der Waals surface area contributed by atoms with Gasteiger partial charge in [0.05, 0.1) is 16.1 Å². The smallest absolute Gasteiger partial charge is 0.203 e. The molecule has 0 aliphatic carbocycles. The Morgan fingerprint density at radius 2 is 1.77 bits per heavy atom. The molecule has 0 saturated carbocycles. The second-order valence-corrected chi connectivity index (χ2v) is 8.23. The van der Waals surface area contributed by atoms with Crippen molar-refractivity contribution < 1.29 is 0 Å². The van der Waals surface area contributed by atoms with E-state index in [1.807, 2.05) is 12.1 Å². The minimum absolute atomic E-state index is 0.132. The number of aromatic nitrogens is 3. The van der Waals surface area contributed by atoms with Crippen LogP contribution >= 0.6 is 11.6 Å². The number of pyridine rings is 1. The van der Waals surface area contributed by atoms with Gasteiger partial charge in [0.1, 0.15) is 5.82 Å². The van der Waals surface area contributed by atoms with Crippen LogP contribution in [-0.4, -0.2) is 41.1 Å². The molecule has 0 radical (unpaired) electrons. The molecule has 3 aromatic rings. The van der Waals surface area contributed by atoms with Crippen LogP contribution in [0.4, 0.5) is 11.8 Å². The first-order chi connectivity index (χ1) is 12.4. The van der Waals surface area contributed by atoms with Gasteiger partial charge in [0.2, 0.25) is 5.95 Å². The number of anilines is 2. The summed E-state index contributed by atoms with van der Waals surface area (Å²) in [5.74, 6) is 1.81. The van der Waals surface area contributed by atoms with Gasteiger partial charge in [-0.05, 0) is 35.2 Å². The molecule has 0 spiro atoms. The normalized spacial score (nSPS) is 15.7. The number of aromatic amines is 1. The highest BCUT2D eigenvalue weighted by atomic mass is 35.5. The number of hydrogen-bond acceptors (Lipinski definition) is 4. The van der Waals surface area contributed by atoms with E-state index in [9.17, 15) is 0 Å². The molecule has 0 bridgehead atoms. The Kier molecular flexibility index (Phi) is 4.27. The standard InChI is InChI=1S/C20H24ClN5/c1-20(2,3)14-6-7-16-17(13-14)24-19(23-16)26-11-9-25(10-12-26)18-15(21)5-4-8-22-18/h4-8,13H,9-12H2,1-3H3,(H,23,24). The second kappa shape index (κ2) is 6.47. The number of nitrogens with zero attached hydrogens (tertiary/aromatic N) is 4. The van der Waals surface area contributed by atoms with Gasteiger partial charge in [-0.15, -0.1) is 0 Å². The third-order valence-corrected chi connectivity index (χ3v) is 5.25. The minimum Gasteiger partial charge on any atom is -0.352 e. The predicted molar refractivity (Wildman–Crippen MR) is 108 cm³/mol. The summed E-state index contributed by atoms with van der Waals surface area (Å²) in [5.41, 5.74) is 3.56. The van der Waals surface area contributed by atoms with E-state index in [4.69, 9.17) is 16.6 Å². The molecule has 26 heavy (non-hydrogen) atoms. The molecule has 1 aromatic carbocycles. The van der Waals surface area contributed by atoms with Crippen molar-refractivity contribution >= 4 is 34.4 Å². The van der Waals surface area contributed by atoms with Crippen LogP contribution in [0.2, 0.25) is 5.02 Å². The molecule has 136 valence electrons. The summed E-state index contributed by atoms with van der Waals surface area (Å²) in [5, 5.41) is 0.708. The van der Waals surface area contributed by atoms with Gasteiger partial charge < -0.3 is 14.8 Å². The lowest BCUT2D eigenvalue weighted by molar-refractivity contribution is 0.591. The highest BCUT2D eigenvalue weighted by Gasteiger charge is 2.22. The summed E-state index contributed by atoms with van der Waals surface area (Å²) in [6.45, 7) is 10.2. The molecule has 6 heteroatoms. The maximum Gasteiger partial charge on any atom is 0.203 e. The summed E-state index contributed by atoms with van der Waals surface area (Å²) in [7, 11) is 0. The zero-order valence-corrected chi connectivity index (χ0v) is 16.2. The van der Waals surface area contributed by atoms with Crippen molar-refractivity contribution in [1.82, 2.24) is 15.0 Å². The second-order valence-electron chi connectivity index (χ2n) is 7.83. The molecule has 0 amide bonds. The van der Waals surface area contributed by atoms with Crippen molar-refractivity contribution in [1.29, 1.82) is 0 Å². The SMILES string of the molecule is CC(C)(C)c1ccc2nc(N3CCN(c4ncccc4Cl)CC3)[nH]c2c1. The Hall–Kier alpha value is -2.27. The van der Waals surface area contributed by atoms with Crippen LogP contribution < -0.4 is 9.80 Å². The number of piperazine rings is 1. The monoisotopic (exact) mass is 369 g/mol. The van der Waals surface area contributed by atoms with Crippen LogP contribution in [0.25, 0.3) is 11.0 Å². The number of fused-ring (bicyclic) bond motifs is 1. The van der Waals surface area contributed by atoms with Crippen molar-refractivity contribution in [3.05, 3.63) is 47.1 Å². The molecule has 3 heterocycles. The summed E-state index contributed by atoms with van der Waals surface area (Å²) < 4.78 is 0. The highest BCUT2D eigenvalue weighted by molar-refractivity contribution is 6.32. The van der Waals surface area contributed by atoms with E-state index in [1.165, 1.54) is 5.56 Å². The van der Waals surface area contributed by atoms with E-state index in [0.29, 0.717) is 5.02 Å². The summed E-state index contributed by atoms with van der Waals surface area (Å²) in [6.07, 6.45) is 1.79. The summed E-state index contributed by atoms with van der Waals surface area (Å²) in [4.78, 5) is 17.2. The third kappa shape index (κ3) is 3.23. The number of H-pyrrole nitrogens is 1. The van der Waals surface area contributed by atoms with E-state index in [0.717, 1.165) is 49.0 Å². The van der Waals surface area contributed by atoms with Crippen LogP contribution in [-0.2, 0) is 5.41 Å². The topological polar surface area (TPSA) is 48.1 Å². The zero-order chi connectivity index (χ0) is 18.3. The number of rotatable bonds is 2. The molecule has 0 unspecified atom stereocenters. The molecule has 5 nitrogen and oxygen atoms in total. The van der Waals surface area contributed by atoms with Crippen LogP contribution in [0.1, 0.15) is 26.3 Å². The molecule has 1 aliphatic rings. The van der Waals surface area contributed by atoms with Gasteiger partial charge in [0.25, 0.3) is 0 Å². The van der Waals surface area contributed by atoms with Crippen molar-refractivity contribution in [2.75, 3.05) is 36.0 Å². The molecule has 0 atom stereocenters. The molecule has 1 saturated heterocycles. The fraction of sp³-hybridized carbons (Fsp3) is 0.400. The average molecular weight is 370 g/mol. The number of imidazole rings is 1. The Balaban J connectivity index is 1.52. The van der Waals surface area contributed by atoms with Crippen molar-refractivity contribution in [3.8, 4) is 0 Å². The highest BCUT2D eigenvalue weighted by Crippen LogP contribution is 2.28. The van der Waals surface area contributed by atoms with Crippen molar-refractivity contribution in [2.45, 2.75) is 26.2 Å². The first kappa shape index (κ1) is 17.2. The summed E-state index contributed by atoms with van der Waals surface area (Å²) >= 11 is 6.28. The molecule has 4 rings (SSSR count). The van der Waals surface area contributed by atoms with E-state index in [2.05, 4.69) is 58.7 Å². The molecular weight excluding hydrogens is 346 g/mol. The zero-order valence-electron chi connectivity index (χ0n) is 15.5. The largest absolute Gasteiger partial charge is 0.352 e. The van der Waals surface area contributed by atoms with Crippen molar-refractivity contribution in [2.24, 2.45) is 0 Å². The van der Waals surface area contributed by atoms with E-state index >= 15 is 0 Å². The van der Waals surface area contributed by atoms with E-state index in [1.54, 1.807) is 6.20 Å². The van der Waals surface area contributed by atoms with Gasteiger partial charge in [0.15, 0.2) is 0 Å². The Morgan fingerprint density at radius 1 is 1.04 bits per heavy atom. The fourth-order valence-electron chi connectivity index (χ4n) is 3.35. The molecular formula is C20H24ClN5. The number of hydrogen-bond donors (Lipinski definition) is 1. The summed E-state index contributed by atoms with van der Waals surface area (Å²) in [6, 6.07) is 10.3. The predicted octanol–water partition coefficient (Wildman–Crippen LogP) is 4.24. The van der Waals surface area contributed by atoms with Gasteiger partial charge in [0, 0.05) is 32.4 Å². The number of benzene rings is 1. The maximum atomic E-state index is 6.28. The van der Waals surface area contributed by atoms with Gasteiger partial charge in [-0.1, -0.05) is 38.4 Å². The lowest BCUT2D eigenvalue weighted by atomic mass is 9.87. The third-order valence-electron chi connectivity index (χ3n) is 4.95. The molecule has 1 fully saturated rings. The lowest BCUT2D eigenvalue weighted by Crippen LogP contribution is -2.47. The average Bonchev–Trinajstić information content (AvgIpc) is 3.05. The Labute approximate surface area is 159 Å². The van der Waals surface area contributed by atoms with Crippen LogP contribution in [0.15, 0.2) is 36.5 Å². The number of nitrogens with one attached hydrogen (secondary N) is 1. The van der Waals surface area contributed by atoms with Crippen LogP contribution in [0.3, 0.4) is 0 Å². The molecule has 1 N–H and O–H groups in total. The maximum absolute atomic E-state index is 6.28. The van der Waals surface area contributed by atoms with Gasteiger partial charge in [-0.25, -0.2) is 9.97 Å². The number of halogens is 1. The van der Waals surface area contributed by atoms with Crippen LogP contribution in [0.5, 0.6) is 0 Å². The van der Waals surface area contributed by atoms with Gasteiger partial charge >= 0.3 is 0 Å². The van der Waals surface area contributed by atoms with Gasteiger partial charge in [-0.2, -0.15) is 0 Å². The Morgan fingerprint density at radius 3 is 2.46 bits per heavy atom. The van der Waals surface area contributed by atoms with E-state index in [-0.39, 0.29) is 5.41 Å². The first-order valence-corrected chi connectivity index (χ1v) is 9.40. The van der Waals surface area contributed by atoms with Crippen molar-refractivity contribution in [3.63, 3.8) is 0 Å². The lowest BCUT2D eigenvalue weighted by Gasteiger charge is -2.35.